The molecule has 2 rings (SSSR count). The van der Waals surface area contributed by atoms with Crippen LogP contribution in [0, 0.1) is 6.92 Å². The van der Waals surface area contributed by atoms with Crippen LogP contribution in [0.5, 0.6) is 0 Å². The maximum Gasteiger partial charge on any atom is 0.326 e. The summed E-state index contributed by atoms with van der Waals surface area (Å²) in [4.78, 5) is 38.4. The van der Waals surface area contributed by atoms with E-state index in [0.29, 0.717) is 11.4 Å². The minimum absolute atomic E-state index is 0.249. The smallest absolute Gasteiger partial charge is 0.326 e. The van der Waals surface area contributed by atoms with Gasteiger partial charge in [0.05, 0.1) is 6.54 Å². The predicted molar refractivity (Wildman–Crippen MR) is 113 cm³/mol. The first-order valence-corrected chi connectivity index (χ1v) is 9.33. The summed E-state index contributed by atoms with van der Waals surface area (Å²) in [6.45, 7) is 6.68. The number of nitrogens with zero attached hydrogens (tertiary/aromatic N) is 1. The van der Waals surface area contributed by atoms with Crippen LogP contribution in [0.15, 0.2) is 54.6 Å². The molecule has 0 saturated heterocycles. The number of nitrogens with one attached hydrogen (secondary N) is 2. The van der Waals surface area contributed by atoms with Gasteiger partial charge in [0, 0.05) is 11.4 Å². The topological polar surface area (TPSA) is 87.7 Å². The quantitative estimate of drug-likeness (QED) is 0.731. The van der Waals surface area contributed by atoms with Crippen LogP contribution in [0.3, 0.4) is 0 Å². The number of esters is 1. The van der Waals surface area contributed by atoms with Crippen molar-refractivity contribution >= 4 is 29.3 Å². The minimum atomic E-state index is -0.658. The Balaban J connectivity index is 2.01. The van der Waals surface area contributed by atoms with Crippen molar-refractivity contribution < 1.29 is 19.1 Å². The highest BCUT2D eigenvalue weighted by molar-refractivity contribution is 6.01. The lowest BCUT2D eigenvalue weighted by molar-refractivity contribution is -0.153. The average Bonchev–Trinajstić information content (AvgIpc) is 2.63. The van der Waals surface area contributed by atoms with Crippen molar-refractivity contribution in [1.29, 1.82) is 0 Å². The summed E-state index contributed by atoms with van der Waals surface area (Å²) < 4.78 is 5.32. The molecule has 0 aliphatic heterocycles. The first-order valence-electron chi connectivity index (χ1n) is 9.33. The van der Waals surface area contributed by atoms with Gasteiger partial charge >= 0.3 is 12.0 Å². The van der Waals surface area contributed by atoms with E-state index in [1.54, 1.807) is 51.1 Å². The summed E-state index contributed by atoms with van der Waals surface area (Å²) in [7, 11) is 0. The van der Waals surface area contributed by atoms with Crippen LogP contribution in [0.1, 0.15) is 26.3 Å². The van der Waals surface area contributed by atoms with Crippen molar-refractivity contribution in [3.8, 4) is 0 Å². The number of anilines is 2. The molecule has 0 heterocycles. The van der Waals surface area contributed by atoms with Gasteiger partial charge in [-0.05, 0) is 57.5 Å². The van der Waals surface area contributed by atoms with Gasteiger partial charge in [0.25, 0.3) is 0 Å². The first kappa shape index (κ1) is 21.9. The number of para-hydroxylation sites is 1. The lowest BCUT2D eigenvalue weighted by Crippen LogP contribution is -2.45. The maximum atomic E-state index is 12.7. The number of aryl methyl sites for hydroxylation is 1. The van der Waals surface area contributed by atoms with E-state index in [4.69, 9.17) is 4.74 Å². The number of rotatable bonds is 6. The van der Waals surface area contributed by atoms with Crippen LogP contribution in [0.4, 0.5) is 16.2 Å². The van der Waals surface area contributed by atoms with Crippen LogP contribution >= 0.6 is 0 Å². The van der Waals surface area contributed by atoms with Crippen LogP contribution in [-0.2, 0) is 14.3 Å². The lowest BCUT2D eigenvalue weighted by Gasteiger charge is -2.25. The van der Waals surface area contributed by atoms with Crippen LogP contribution in [0.2, 0.25) is 0 Å². The summed E-state index contributed by atoms with van der Waals surface area (Å²) in [5, 5.41) is 5.20. The van der Waals surface area contributed by atoms with E-state index in [0.717, 1.165) is 5.56 Å². The monoisotopic (exact) mass is 397 g/mol. The predicted octanol–water partition coefficient (Wildman–Crippen LogP) is 3.49. The Hall–Kier alpha value is -3.35. The van der Waals surface area contributed by atoms with E-state index in [1.165, 1.54) is 4.90 Å². The molecule has 29 heavy (non-hydrogen) atoms. The summed E-state index contributed by atoms with van der Waals surface area (Å²) in [6.07, 6.45) is 0. The third-order valence-corrected chi connectivity index (χ3v) is 3.75. The second-order valence-corrected chi connectivity index (χ2v) is 7.58. The van der Waals surface area contributed by atoms with E-state index >= 15 is 0 Å². The molecule has 0 unspecified atom stereocenters. The molecule has 3 amide bonds. The number of hydrogen-bond donors (Lipinski definition) is 2. The molecule has 0 fully saturated rings. The van der Waals surface area contributed by atoms with E-state index in [-0.39, 0.29) is 13.1 Å². The molecule has 0 aliphatic rings. The fourth-order valence-electron chi connectivity index (χ4n) is 2.58. The van der Waals surface area contributed by atoms with E-state index < -0.39 is 23.5 Å². The van der Waals surface area contributed by atoms with Crippen molar-refractivity contribution in [3.05, 3.63) is 60.2 Å². The van der Waals surface area contributed by atoms with E-state index in [2.05, 4.69) is 10.6 Å². The van der Waals surface area contributed by atoms with Crippen molar-refractivity contribution in [3.63, 3.8) is 0 Å². The van der Waals surface area contributed by atoms with E-state index in [1.807, 2.05) is 31.2 Å². The Morgan fingerprint density at radius 3 is 2.31 bits per heavy atom. The van der Waals surface area contributed by atoms with Crippen molar-refractivity contribution in [2.24, 2.45) is 0 Å². The molecule has 0 spiro atoms. The molecular formula is C22H27N3O4. The molecule has 0 bridgehead atoms. The number of benzene rings is 2. The van der Waals surface area contributed by atoms with Gasteiger partial charge in [-0.15, -0.1) is 0 Å². The van der Waals surface area contributed by atoms with Gasteiger partial charge in [0.1, 0.15) is 12.1 Å². The van der Waals surface area contributed by atoms with Gasteiger partial charge in [-0.2, -0.15) is 0 Å². The number of amides is 3. The Bertz CT molecular complexity index is 860. The van der Waals surface area contributed by atoms with Crippen molar-refractivity contribution in [2.45, 2.75) is 33.3 Å². The highest BCUT2D eigenvalue weighted by atomic mass is 16.6. The average molecular weight is 397 g/mol. The number of urea groups is 1. The van der Waals surface area contributed by atoms with Crippen molar-refractivity contribution in [1.82, 2.24) is 5.32 Å². The fraction of sp³-hybridized carbons (Fsp3) is 0.318. The molecule has 0 atom stereocenters. The summed E-state index contributed by atoms with van der Waals surface area (Å²) in [6, 6.07) is 15.6. The number of hydrogen-bond acceptors (Lipinski definition) is 4. The zero-order chi connectivity index (χ0) is 21.4. The van der Waals surface area contributed by atoms with Crippen LogP contribution in [0.25, 0.3) is 0 Å². The normalized spacial score (nSPS) is 10.8. The summed E-state index contributed by atoms with van der Waals surface area (Å²) in [5.74, 6) is -0.958. The zero-order valence-electron chi connectivity index (χ0n) is 17.2. The Morgan fingerprint density at radius 1 is 1.00 bits per heavy atom. The molecule has 2 aromatic rings. The number of ether oxygens (including phenoxy) is 1. The highest BCUT2D eigenvalue weighted by Gasteiger charge is 2.23. The zero-order valence-corrected chi connectivity index (χ0v) is 17.2. The molecule has 7 nitrogen and oxygen atoms in total. The highest BCUT2D eigenvalue weighted by Crippen LogP contribution is 2.15. The molecule has 154 valence electrons. The Morgan fingerprint density at radius 2 is 1.69 bits per heavy atom. The van der Waals surface area contributed by atoms with Gasteiger partial charge in [-0.3, -0.25) is 14.5 Å². The minimum Gasteiger partial charge on any atom is -0.459 e. The molecule has 0 saturated carbocycles. The largest absolute Gasteiger partial charge is 0.459 e. The molecule has 7 heteroatoms. The Labute approximate surface area is 171 Å². The van der Waals surface area contributed by atoms with Gasteiger partial charge in [-0.25, -0.2) is 4.79 Å². The number of carbonyl (C=O) groups excluding carboxylic acids is 3. The SMILES string of the molecule is Cc1cccc(NC(=O)NCC(=O)N(CC(=O)OC(C)(C)C)c2ccccc2)c1. The fourth-order valence-corrected chi connectivity index (χ4v) is 2.58. The molecule has 0 aliphatic carbocycles. The molecule has 0 radical (unpaired) electrons. The Kier molecular flexibility index (Phi) is 7.36. The third kappa shape index (κ3) is 7.65. The molecular weight excluding hydrogens is 370 g/mol. The summed E-state index contributed by atoms with van der Waals surface area (Å²) >= 11 is 0. The van der Waals surface area contributed by atoms with Gasteiger partial charge in [0.15, 0.2) is 0 Å². The standard InChI is InChI=1S/C22H27N3O4/c1-16-9-8-10-17(13-16)24-21(28)23-14-19(26)25(18-11-6-5-7-12-18)15-20(27)29-22(2,3)4/h5-13H,14-15H2,1-4H3,(H2,23,24,28). The second kappa shape index (κ2) is 9.73. The molecule has 2 aromatic carbocycles. The summed E-state index contributed by atoms with van der Waals surface area (Å²) in [5.41, 5.74) is 1.52. The van der Waals surface area contributed by atoms with Gasteiger partial charge in [0.2, 0.25) is 5.91 Å². The van der Waals surface area contributed by atoms with E-state index in [9.17, 15) is 14.4 Å². The van der Waals surface area contributed by atoms with Crippen LogP contribution in [-0.4, -0.2) is 36.6 Å². The lowest BCUT2D eigenvalue weighted by atomic mass is 10.2. The van der Waals surface area contributed by atoms with Crippen LogP contribution < -0.4 is 15.5 Å². The number of carbonyl (C=O) groups is 3. The maximum absolute atomic E-state index is 12.7. The van der Waals surface area contributed by atoms with Crippen molar-refractivity contribution in [2.75, 3.05) is 23.3 Å². The van der Waals surface area contributed by atoms with Gasteiger partial charge in [-0.1, -0.05) is 30.3 Å². The third-order valence-electron chi connectivity index (χ3n) is 3.75. The molecule has 0 aromatic heterocycles. The van der Waals surface area contributed by atoms with Gasteiger partial charge < -0.3 is 15.4 Å². The molecule has 2 N–H and O–H groups in total. The first-order chi connectivity index (χ1) is 13.6. The second-order valence-electron chi connectivity index (χ2n) is 7.58.